The molecule has 6 rings (SSSR count). The summed E-state index contributed by atoms with van der Waals surface area (Å²) >= 11 is 0. The van der Waals surface area contributed by atoms with Crippen LogP contribution in [0.15, 0.2) is 145 Å². The summed E-state index contributed by atoms with van der Waals surface area (Å²) in [4.78, 5) is 0. The summed E-state index contributed by atoms with van der Waals surface area (Å²) in [5.74, 6) is 4.61. The summed E-state index contributed by atoms with van der Waals surface area (Å²) < 4.78 is 0. The minimum absolute atomic E-state index is 0. The van der Waals surface area contributed by atoms with Gasteiger partial charge in [0.1, 0.15) is 0 Å². The van der Waals surface area contributed by atoms with Crippen LogP contribution >= 0.6 is 32.2 Å². The number of benzene rings is 4. The van der Waals surface area contributed by atoms with Crippen molar-refractivity contribution in [3.63, 3.8) is 0 Å². The van der Waals surface area contributed by atoms with Crippen LogP contribution < -0.4 is 21.2 Å². The minimum Gasteiger partial charge on any atom is -0.0672 e. The molecule has 5 heteroatoms. The Bertz CT molecular complexity index is 1530. The van der Waals surface area contributed by atoms with E-state index in [2.05, 4.69) is 173 Å². The zero-order valence-electron chi connectivity index (χ0n) is 26.4. The van der Waals surface area contributed by atoms with Crippen molar-refractivity contribution >= 4 is 53.4 Å². The van der Waals surface area contributed by atoms with Crippen molar-refractivity contribution in [1.29, 1.82) is 0 Å². The van der Waals surface area contributed by atoms with Gasteiger partial charge >= 0.3 is 0 Å². The minimum atomic E-state index is -0.348. The van der Waals surface area contributed by atoms with E-state index in [0.717, 1.165) is 0 Å². The zero-order chi connectivity index (χ0) is 30.7. The van der Waals surface area contributed by atoms with Crippen molar-refractivity contribution in [2.75, 3.05) is 12.3 Å². The Hall–Kier alpha value is -2.47. The first-order valence-electron chi connectivity index (χ1n) is 15.1. The monoisotopic (exact) mass is 702 g/mol. The molecule has 0 aliphatic carbocycles. The van der Waals surface area contributed by atoms with Crippen molar-refractivity contribution in [1.82, 2.24) is 0 Å². The topological polar surface area (TPSA) is 0 Å². The molecule has 0 saturated heterocycles. The number of hydrogen-bond donors (Lipinski definition) is 0. The van der Waals surface area contributed by atoms with Crippen LogP contribution in [0.5, 0.6) is 0 Å². The van der Waals surface area contributed by atoms with Gasteiger partial charge < -0.3 is 0 Å². The van der Waals surface area contributed by atoms with Crippen molar-refractivity contribution < 1.29 is 16.5 Å². The average Bonchev–Trinajstić information content (AvgIpc) is 3.08. The Labute approximate surface area is 286 Å². The standard InChI is InChI=1S/C26H24P2.C14H16P2.Ni/c1-5-13-23(14-6-1)27(24-15-7-2-8-16-24)21-22-28(25-17-9-3-10-18-25)26-19-11-4-12-20-26;1-9-5-13(15-7-11(9)3)14-6-10(2)12(4)8-16-14;/h1-20H,21-22H2;5-8H,1-4H3;. The molecule has 0 bridgehead atoms. The fraction of sp³-hybridized carbons (Fsp3) is 0.150. The number of hydrogen-bond acceptors (Lipinski definition) is 0. The molecule has 0 spiro atoms. The normalized spacial score (nSPS) is 11.0. The Balaban J connectivity index is 0.000000231. The van der Waals surface area contributed by atoms with Crippen LogP contribution in [0.25, 0.3) is 10.6 Å². The molecule has 0 amide bonds. The predicted octanol–water partition coefficient (Wildman–Crippen LogP) is 11.0. The van der Waals surface area contributed by atoms with E-state index < -0.39 is 0 Å². The first-order chi connectivity index (χ1) is 21.5. The van der Waals surface area contributed by atoms with Gasteiger partial charge in [-0.1, -0.05) is 138 Å². The molecule has 0 nitrogen and oxygen atoms in total. The second kappa shape index (κ2) is 18.0. The van der Waals surface area contributed by atoms with E-state index >= 15 is 0 Å². The van der Waals surface area contributed by atoms with E-state index in [1.807, 2.05) is 0 Å². The van der Waals surface area contributed by atoms with Gasteiger partial charge in [-0.05, 0) is 123 Å². The van der Waals surface area contributed by atoms with Gasteiger partial charge in [0.05, 0.1) is 0 Å². The molecule has 2 heterocycles. The Kier molecular flexibility index (Phi) is 14.2. The van der Waals surface area contributed by atoms with E-state index in [9.17, 15) is 0 Å². The molecule has 0 aliphatic rings. The van der Waals surface area contributed by atoms with Gasteiger partial charge in [-0.2, -0.15) is 0 Å². The summed E-state index contributed by atoms with van der Waals surface area (Å²) in [7, 11) is 1.98. The van der Waals surface area contributed by atoms with Crippen LogP contribution in [0.2, 0.25) is 0 Å². The smallest absolute Gasteiger partial charge is 0.0139 e. The van der Waals surface area contributed by atoms with E-state index in [0.29, 0.717) is 0 Å². The van der Waals surface area contributed by atoms with Crippen molar-refractivity contribution in [2.24, 2.45) is 0 Å². The molecular formula is C40H40NiP4. The second-order valence-electron chi connectivity index (χ2n) is 11.0. The maximum Gasteiger partial charge on any atom is 0.0139 e. The van der Waals surface area contributed by atoms with Crippen LogP contribution in [0, 0.1) is 27.7 Å². The first-order valence-corrected chi connectivity index (χ1v) is 20.1. The van der Waals surface area contributed by atoms with E-state index in [1.54, 1.807) is 0 Å². The van der Waals surface area contributed by atoms with Crippen LogP contribution in [0.1, 0.15) is 22.3 Å². The fourth-order valence-electron chi connectivity index (χ4n) is 4.98. The van der Waals surface area contributed by atoms with Gasteiger partial charge in [-0.3, -0.25) is 0 Å². The van der Waals surface area contributed by atoms with Gasteiger partial charge in [-0.15, -0.1) is 0 Å². The Morgan fingerprint density at radius 1 is 0.400 bits per heavy atom. The predicted molar refractivity (Wildman–Crippen MR) is 204 cm³/mol. The summed E-state index contributed by atoms with van der Waals surface area (Å²) in [5.41, 5.74) is 5.61. The summed E-state index contributed by atoms with van der Waals surface area (Å²) in [6.07, 6.45) is 2.41. The van der Waals surface area contributed by atoms with Crippen molar-refractivity contribution in [2.45, 2.75) is 27.7 Å². The summed E-state index contributed by atoms with van der Waals surface area (Å²) in [5, 5.41) is 8.79. The van der Waals surface area contributed by atoms with Crippen LogP contribution in [0.4, 0.5) is 0 Å². The van der Waals surface area contributed by atoms with E-state index in [4.69, 9.17) is 0 Å². The molecule has 0 radical (unpaired) electrons. The van der Waals surface area contributed by atoms with Crippen molar-refractivity contribution in [3.8, 4) is 10.6 Å². The Morgan fingerprint density at radius 2 is 0.667 bits per heavy atom. The molecule has 0 atom stereocenters. The van der Waals surface area contributed by atoms with Gasteiger partial charge in [0.15, 0.2) is 0 Å². The SMILES string of the molecule is Cc1cpc(-c2cc(C)c(C)cp2)cc1C.[Ni].c1ccc(P(CCP(c2ccccc2)c2ccccc2)c2ccccc2)cc1. The van der Waals surface area contributed by atoms with Crippen molar-refractivity contribution in [3.05, 3.63) is 167 Å². The Morgan fingerprint density at radius 3 is 0.911 bits per heavy atom. The molecule has 6 aromatic rings. The first kappa shape index (κ1) is 35.4. The largest absolute Gasteiger partial charge is 0.0672 e. The summed E-state index contributed by atoms with van der Waals surface area (Å²) in [6, 6.07) is 48.9. The quantitative estimate of drug-likeness (QED) is 0.109. The third kappa shape index (κ3) is 10.0. The van der Waals surface area contributed by atoms with Gasteiger partial charge in [0, 0.05) is 27.1 Å². The maximum absolute atomic E-state index is 2.33. The number of rotatable bonds is 8. The number of aryl methyl sites for hydroxylation is 4. The molecule has 2 aromatic heterocycles. The molecule has 0 saturated carbocycles. The van der Waals surface area contributed by atoms with Gasteiger partial charge in [0.2, 0.25) is 0 Å². The maximum atomic E-state index is 2.33. The van der Waals surface area contributed by atoms with E-state index in [-0.39, 0.29) is 32.3 Å². The second-order valence-corrected chi connectivity index (χ2v) is 17.6. The van der Waals surface area contributed by atoms with Crippen LogP contribution in [-0.2, 0) is 16.5 Å². The van der Waals surface area contributed by atoms with Gasteiger partial charge in [-0.25, -0.2) is 0 Å². The fourth-order valence-corrected chi connectivity index (χ4v) is 12.7. The molecule has 0 fully saturated rings. The third-order valence-corrected chi connectivity index (χ3v) is 15.7. The average molecular weight is 703 g/mol. The molecule has 0 aliphatic heterocycles. The zero-order valence-corrected chi connectivity index (χ0v) is 30.9. The molecule has 0 N–H and O–H groups in total. The molecule has 0 unspecified atom stereocenters. The molecule has 230 valence electrons. The summed E-state index contributed by atoms with van der Waals surface area (Å²) in [6.45, 7) is 8.75. The molecule has 4 aromatic carbocycles. The molecular weight excluding hydrogens is 663 g/mol. The van der Waals surface area contributed by atoms with E-state index in [1.165, 1.54) is 82.8 Å². The van der Waals surface area contributed by atoms with Crippen LogP contribution in [0.3, 0.4) is 0 Å². The third-order valence-electron chi connectivity index (χ3n) is 7.83. The van der Waals surface area contributed by atoms with Crippen LogP contribution in [-0.4, -0.2) is 12.3 Å². The molecule has 45 heavy (non-hydrogen) atoms. The van der Waals surface area contributed by atoms with Gasteiger partial charge in [0.25, 0.3) is 0 Å².